The lowest BCUT2D eigenvalue weighted by atomic mass is 10.1. The summed E-state index contributed by atoms with van der Waals surface area (Å²) in [5.74, 6) is 6.37. The number of hydrogen-bond acceptors (Lipinski definition) is 2. The largest absolute Gasteiger partial charge is 0.481 e. The van der Waals surface area contributed by atoms with Crippen LogP contribution in [0.25, 0.3) is 0 Å². The molecule has 0 radical (unpaired) electrons. The van der Waals surface area contributed by atoms with Gasteiger partial charge in [-0.2, -0.15) is 0 Å². The van der Waals surface area contributed by atoms with E-state index >= 15 is 0 Å². The van der Waals surface area contributed by atoms with E-state index in [0.717, 1.165) is 17.7 Å². The summed E-state index contributed by atoms with van der Waals surface area (Å²) in [7, 11) is 0. The topological polar surface area (TPSA) is 29.5 Å². The van der Waals surface area contributed by atoms with Crippen LogP contribution in [0.2, 0.25) is 0 Å². The molecule has 80 valence electrons. The highest BCUT2D eigenvalue weighted by molar-refractivity contribution is 5.28. The van der Waals surface area contributed by atoms with Crippen molar-refractivity contribution < 1.29 is 9.84 Å². The first-order chi connectivity index (χ1) is 7.27. The van der Waals surface area contributed by atoms with Crippen LogP contribution in [-0.4, -0.2) is 11.7 Å². The summed E-state index contributed by atoms with van der Waals surface area (Å²) in [6.45, 7) is 4.14. The average molecular weight is 204 g/mol. The van der Waals surface area contributed by atoms with Gasteiger partial charge >= 0.3 is 0 Å². The monoisotopic (exact) mass is 204 g/mol. The molecule has 0 aliphatic rings. The van der Waals surface area contributed by atoms with Gasteiger partial charge in [-0.1, -0.05) is 25.0 Å². The number of aliphatic hydroxyl groups is 1. The van der Waals surface area contributed by atoms with Gasteiger partial charge in [-0.05, 0) is 31.0 Å². The molecule has 1 atom stereocenters. The van der Waals surface area contributed by atoms with Gasteiger partial charge in [-0.3, -0.25) is 0 Å². The second-order valence-electron chi connectivity index (χ2n) is 3.21. The van der Waals surface area contributed by atoms with Crippen LogP contribution in [0.5, 0.6) is 5.75 Å². The third-order valence-corrected chi connectivity index (χ3v) is 2.14. The van der Waals surface area contributed by atoms with Crippen molar-refractivity contribution in [3.05, 3.63) is 29.8 Å². The number of hydrogen-bond donors (Lipinski definition) is 1. The summed E-state index contributed by atoms with van der Waals surface area (Å²) >= 11 is 0. The molecule has 0 unspecified atom stereocenters. The quantitative estimate of drug-likeness (QED) is 0.764. The summed E-state index contributed by atoms with van der Waals surface area (Å²) in [6.07, 6.45) is 0.344. The third-order valence-electron chi connectivity index (χ3n) is 2.14. The Labute approximate surface area is 90.9 Å². The number of ether oxygens (including phenoxy) is 1. The van der Waals surface area contributed by atoms with E-state index in [9.17, 15) is 5.11 Å². The van der Waals surface area contributed by atoms with E-state index in [-0.39, 0.29) is 6.10 Å². The van der Waals surface area contributed by atoms with E-state index in [1.54, 1.807) is 6.92 Å². The molecule has 1 aromatic carbocycles. The molecule has 0 amide bonds. The molecule has 0 saturated carbocycles. The molecule has 1 rings (SSSR count). The van der Waals surface area contributed by atoms with Crippen molar-refractivity contribution >= 4 is 0 Å². The van der Waals surface area contributed by atoms with Crippen LogP contribution in [0.4, 0.5) is 0 Å². The van der Waals surface area contributed by atoms with Crippen LogP contribution in [0.1, 0.15) is 31.9 Å². The second-order valence-corrected chi connectivity index (χ2v) is 3.21. The van der Waals surface area contributed by atoms with Crippen LogP contribution in [0.15, 0.2) is 24.3 Å². The average Bonchev–Trinajstić information content (AvgIpc) is 2.29. The first-order valence-electron chi connectivity index (χ1n) is 5.08. The molecule has 0 aliphatic heterocycles. The fourth-order valence-electron chi connectivity index (χ4n) is 1.21. The van der Waals surface area contributed by atoms with Gasteiger partial charge in [0.1, 0.15) is 12.4 Å². The minimum Gasteiger partial charge on any atom is -0.481 e. The van der Waals surface area contributed by atoms with Gasteiger partial charge in [0.2, 0.25) is 0 Å². The summed E-state index contributed by atoms with van der Waals surface area (Å²) in [6, 6.07) is 7.46. The van der Waals surface area contributed by atoms with Crippen LogP contribution in [0.3, 0.4) is 0 Å². The van der Waals surface area contributed by atoms with Crippen LogP contribution >= 0.6 is 0 Å². The summed E-state index contributed by atoms with van der Waals surface area (Å²) < 4.78 is 5.36. The normalized spacial score (nSPS) is 11.4. The Kier molecular flexibility index (Phi) is 4.73. The molecule has 0 fully saturated rings. The zero-order valence-corrected chi connectivity index (χ0v) is 9.16. The van der Waals surface area contributed by atoms with E-state index in [1.165, 1.54) is 0 Å². The molecule has 1 N–H and O–H groups in total. The van der Waals surface area contributed by atoms with E-state index in [0.29, 0.717) is 6.61 Å². The highest BCUT2D eigenvalue weighted by Crippen LogP contribution is 2.19. The van der Waals surface area contributed by atoms with Crippen molar-refractivity contribution in [3.8, 4) is 17.6 Å². The predicted octanol–water partition coefficient (Wildman–Crippen LogP) is 2.53. The highest BCUT2D eigenvalue weighted by Gasteiger charge is 2.03. The number of rotatable bonds is 4. The zero-order valence-electron chi connectivity index (χ0n) is 9.16. The first-order valence-corrected chi connectivity index (χ1v) is 5.08. The summed E-state index contributed by atoms with van der Waals surface area (Å²) in [5.41, 5.74) is 0.923. The fraction of sp³-hybridized carbons (Fsp3) is 0.385. The lowest BCUT2D eigenvalue weighted by Gasteiger charge is -2.08. The molecular weight excluding hydrogens is 188 g/mol. The Bertz CT molecular complexity index is 343. The van der Waals surface area contributed by atoms with Gasteiger partial charge in [0, 0.05) is 0 Å². The molecule has 2 heteroatoms. The number of benzene rings is 1. The Morgan fingerprint density at radius 1 is 1.33 bits per heavy atom. The summed E-state index contributed by atoms with van der Waals surface area (Å²) in [5, 5.41) is 9.57. The maximum Gasteiger partial charge on any atom is 0.149 e. The van der Waals surface area contributed by atoms with E-state index in [4.69, 9.17) is 4.74 Å². The molecule has 0 aromatic heterocycles. The maximum atomic E-state index is 9.57. The van der Waals surface area contributed by atoms with Crippen molar-refractivity contribution in [2.75, 3.05) is 6.61 Å². The van der Waals surface area contributed by atoms with Crippen molar-refractivity contribution in [2.45, 2.75) is 26.4 Å². The minimum atomic E-state index is -0.380. The highest BCUT2D eigenvalue weighted by atomic mass is 16.5. The molecule has 15 heavy (non-hydrogen) atoms. The van der Waals surface area contributed by atoms with E-state index in [1.807, 2.05) is 31.2 Å². The van der Waals surface area contributed by atoms with E-state index < -0.39 is 0 Å². The Morgan fingerprint density at radius 2 is 2.00 bits per heavy atom. The maximum absolute atomic E-state index is 9.57. The van der Waals surface area contributed by atoms with Gasteiger partial charge < -0.3 is 9.84 Å². The van der Waals surface area contributed by atoms with Crippen molar-refractivity contribution in [2.24, 2.45) is 0 Å². The smallest absolute Gasteiger partial charge is 0.149 e. The fourth-order valence-corrected chi connectivity index (χ4v) is 1.21. The third kappa shape index (κ3) is 3.65. The molecule has 1 aromatic rings. The SMILES string of the molecule is CC#CCOc1ccc([C@H](O)CC)cc1. The van der Waals surface area contributed by atoms with Crippen LogP contribution in [-0.2, 0) is 0 Å². The van der Waals surface area contributed by atoms with Gasteiger partial charge in [0.25, 0.3) is 0 Å². The Balaban J connectivity index is 2.58. The lowest BCUT2D eigenvalue weighted by Crippen LogP contribution is -1.96. The molecule has 0 aliphatic carbocycles. The van der Waals surface area contributed by atoms with Crippen molar-refractivity contribution in [1.29, 1.82) is 0 Å². The van der Waals surface area contributed by atoms with Crippen molar-refractivity contribution in [1.82, 2.24) is 0 Å². The summed E-state index contributed by atoms with van der Waals surface area (Å²) in [4.78, 5) is 0. The molecule has 0 saturated heterocycles. The second kappa shape index (κ2) is 6.10. The van der Waals surface area contributed by atoms with Gasteiger partial charge in [-0.15, -0.1) is 5.92 Å². The van der Waals surface area contributed by atoms with E-state index in [2.05, 4.69) is 11.8 Å². The number of aliphatic hydroxyl groups excluding tert-OH is 1. The lowest BCUT2D eigenvalue weighted by molar-refractivity contribution is 0.173. The van der Waals surface area contributed by atoms with Gasteiger partial charge in [0.05, 0.1) is 6.10 Å². The molecule has 0 heterocycles. The predicted molar refractivity (Wildman–Crippen MR) is 60.6 cm³/mol. The Hall–Kier alpha value is -1.46. The van der Waals surface area contributed by atoms with Crippen molar-refractivity contribution in [3.63, 3.8) is 0 Å². The Morgan fingerprint density at radius 3 is 2.53 bits per heavy atom. The van der Waals surface area contributed by atoms with Crippen LogP contribution < -0.4 is 4.74 Å². The minimum absolute atomic E-state index is 0.380. The molecule has 0 spiro atoms. The standard InChI is InChI=1S/C13H16O2/c1-3-5-10-15-12-8-6-11(7-9-12)13(14)4-2/h6-9,13-14H,4,10H2,1-2H3/t13-/m1/s1. The van der Waals surface area contributed by atoms with Gasteiger partial charge in [0.15, 0.2) is 0 Å². The zero-order chi connectivity index (χ0) is 11.1. The van der Waals surface area contributed by atoms with Crippen LogP contribution in [0, 0.1) is 11.8 Å². The first kappa shape index (κ1) is 11.6. The molecular formula is C13H16O2. The molecule has 2 nitrogen and oxygen atoms in total. The molecule has 0 bridgehead atoms. The van der Waals surface area contributed by atoms with Gasteiger partial charge in [-0.25, -0.2) is 0 Å².